The fraction of sp³-hybridized carbons (Fsp3) is 0.688. The van der Waals surface area contributed by atoms with Crippen LogP contribution < -0.4 is 11.2 Å². The molecule has 0 aromatic carbocycles. The van der Waals surface area contributed by atoms with E-state index in [9.17, 15) is 19.5 Å². The molecule has 1 amide bonds. The second-order valence-corrected chi connectivity index (χ2v) is 7.69. The van der Waals surface area contributed by atoms with Crippen LogP contribution >= 0.6 is 0 Å². The van der Waals surface area contributed by atoms with Gasteiger partial charge in [-0.05, 0) is 17.8 Å². The lowest BCUT2D eigenvalue weighted by atomic mass is 9.48. The van der Waals surface area contributed by atoms with E-state index in [1.165, 1.54) is 24.7 Å². The van der Waals surface area contributed by atoms with Gasteiger partial charge in [0.25, 0.3) is 11.5 Å². The Morgan fingerprint density at radius 2 is 1.96 bits per heavy atom. The Kier molecular flexibility index (Phi) is 3.34. The lowest BCUT2D eigenvalue weighted by Crippen LogP contribution is -2.54. The first-order valence-corrected chi connectivity index (χ1v) is 7.80. The number of likely N-dealkylation sites (tertiary alicyclic amines) is 1. The number of hydrogen-bond acceptors (Lipinski definition) is 4. The molecule has 3 rings (SSSR count). The molecule has 1 N–H and O–H groups in total. The van der Waals surface area contributed by atoms with E-state index in [1.807, 2.05) is 0 Å². The molecule has 2 aliphatic rings. The van der Waals surface area contributed by atoms with Gasteiger partial charge in [0.15, 0.2) is 0 Å². The number of hydrogen-bond donors (Lipinski definition) is 1. The highest BCUT2D eigenvalue weighted by Crippen LogP contribution is 2.62. The molecule has 0 spiro atoms. The summed E-state index contributed by atoms with van der Waals surface area (Å²) in [6.45, 7) is 5.37. The van der Waals surface area contributed by atoms with E-state index < -0.39 is 11.2 Å². The molecule has 0 bridgehead atoms. The molecular weight excluding hydrogens is 298 g/mol. The maximum Gasteiger partial charge on any atom is 0.331 e. The quantitative estimate of drug-likeness (QED) is 0.801. The Hall–Kier alpha value is -1.89. The summed E-state index contributed by atoms with van der Waals surface area (Å²) in [5.41, 5.74) is -1.05. The minimum atomic E-state index is -0.514. The van der Waals surface area contributed by atoms with Crippen molar-refractivity contribution < 1.29 is 9.90 Å². The van der Waals surface area contributed by atoms with Crippen LogP contribution in [0.4, 0.5) is 0 Å². The molecule has 23 heavy (non-hydrogen) atoms. The average molecular weight is 321 g/mol. The van der Waals surface area contributed by atoms with Crippen molar-refractivity contribution in [2.24, 2.45) is 30.8 Å². The fourth-order valence-electron chi connectivity index (χ4n) is 4.59. The van der Waals surface area contributed by atoms with Crippen LogP contribution in [-0.4, -0.2) is 44.7 Å². The van der Waals surface area contributed by atoms with Crippen molar-refractivity contribution in [3.63, 3.8) is 0 Å². The summed E-state index contributed by atoms with van der Waals surface area (Å²) >= 11 is 0. The van der Waals surface area contributed by atoms with Gasteiger partial charge in [-0.25, -0.2) is 4.79 Å². The van der Waals surface area contributed by atoms with Crippen LogP contribution in [0, 0.1) is 16.7 Å². The number of amides is 1. The van der Waals surface area contributed by atoms with Gasteiger partial charge in [-0.15, -0.1) is 0 Å². The van der Waals surface area contributed by atoms with Crippen molar-refractivity contribution in [1.82, 2.24) is 14.0 Å². The lowest BCUT2D eigenvalue weighted by molar-refractivity contribution is -0.0977. The molecule has 1 saturated heterocycles. The van der Waals surface area contributed by atoms with Crippen LogP contribution in [0.25, 0.3) is 0 Å². The summed E-state index contributed by atoms with van der Waals surface area (Å²) in [5, 5.41) is 9.78. The molecule has 1 aliphatic carbocycles. The average Bonchev–Trinajstić information content (AvgIpc) is 2.83. The summed E-state index contributed by atoms with van der Waals surface area (Å²) < 4.78 is 2.18. The van der Waals surface area contributed by atoms with Gasteiger partial charge >= 0.3 is 5.69 Å². The topological polar surface area (TPSA) is 84.5 Å². The summed E-state index contributed by atoms with van der Waals surface area (Å²) in [4.78, 5) is 38.3. The van der Waals surface area contributed by atoms with Crippen molar-refractivity contribution in [1.29, 1.82) is 0 Å². The third kappa shape index (κ3) is 2.09. The molecule has 1 aromatic heterocycles. The minimum absolute atomic E-state index is 0.0559. The molecule has 2 heterocycles. The number of fused-ring (bicyclic) bond motifs is 1. The molecule has 2 fully saturated rings. The van der Waals surface area contributed by atoms with Crippen LogP contribution in [-0.2, 0) is 14.1 Å². The number of nitrogens with zero attached hydrogens (tertiary/aromatic N) is 3. The number of carbonyl (C=O) groups is 1. The van der Waals surface area contributed by atoms with E-state index in [2.05, 4.69) is 13.8 Å². The monoisotopic (exact) mass is 321 g/mol. The molecule has 7 heteroatoms. The Morgan fingerprint density at radius 1 is 1.30 bits per heavy atom. The lowest BCUT2D eigenvalue weighted by Gasteiger charge is -2.55. The molecule has 7 nitrogen and oxygen atoms in total. The SMILES string of the molecule is Cn1c(C(=O)N2C[C@@H]3C(C)(C)C[C@]3(CO)C2)cc(=O)n(C)c1=O. The zero-order chi connectivity index (χ0) is 17.2. The predicted octanol–water partition coefficient (Wildman–Crippen LogP) is -0.435. The Balaban J connectivity index is 1.95. The van der Waals surface area contributed by atoms with Crippen LogP contribution in [0.5, 0.6) is 0 Å². The van der Waals surface area contributed by atoms with Gasteiger partial charge in [0.05, 0.1) is 6.61 Å². The number of carbonyl (C=O) groups excluding carboxylic acids is 1. The van der Waals surface area contributed by atoms with Gasteiger partial charge in [-0.2, -0.15) is 0 Å². The van der Waals surface area contributed by atoms with Gasteiger partial charge in [0, 0.05) is 38.7 Å². The summed E-state index contributed by atoms with van der Waals surface area (Å²) in [6, 6.07) is 1.21. The smallest absolute Gasteiger partial charge is 0.331 e. The second kappa shape index (κ2) is 4.80. The normalized spacial score (nSPS) is 28.4. The Morgan fingerprint density at radius 3 is 2.48 bits per heavy atom. The third-order valence-electron chi connectivity index (χ3n) is 5.75. The first-order valence-electron chi connectivity index (χ1n) is 7.80. The van der Waals surface area contributed by atoms with Gasteiger partial charge in [-0.3, -0.25) is 18.7 Å². The first kappa shape index (κ1) is 16.0. The number of aliphatic hydroxyl groups is 1. The van der Waals surface area contributed by atoms with Crippen LogP contribution in [0.3, 0.4) is 0 Å². The van der Waals surface area contributed by atoms with Crippen molar-refractivity contribution in [2.45, 2.75) is 20.3 Å². The highest BCUT2D eigenvalue weighted by Gasteiger charge is 2.63. The van der Waals surface area contributed by atoms with E-state index in [0.29, 0.717) is 13.1 Å². The summed E-state index contributed by atoms with van der Waals surface area (Å²) in [7, 11) is 2.88. The highest BCUT2D eigenvalue weighted by atomic mass is 16.3. The molecule has 0 radical (unpaired) electrons. The van der Waals surface area contributed by atoms with Crippen molar-refractivity contribution >= 4 is 5.91 Å². The largest absolute Gasteiger partial charge is 0.396 e. The van der Waals surface area contributed by atoms with E-state index >= 15 is 0 Å². The molecule has 126 valence electrons. The first-order chi connectivity index (χ1) is 10.6. The van der Waals surface area contributed by atoms with Crippen LogP contribution in [0.1, 0.15) is 30.8 Å². The van der Waals surface area contributed by atoms with Crippen molar-refractivity contribution in [2.75, 3.05) is 19.7 Å². The Bertz CT molecular complexity index is 791. The molecular formula is C16H23N3O4. The second-order valence-electron chi connectivity index (χ2n) is 7.69. The highest BCUT2D eigenvalue weighted by molar-refractivity contribution is 5.92. The third-order valence-corrected chi connectivity index (χ3v) is 5.75. The van der Waals surface area contributed by atoms with Crippen molar-refractivity contribution in [3.05, 3.63) is 32.6 Å². The van der Waals surface area contributed by atoms with Crippen molar-refractivity contribution in [3.8, 4) is 0 Å². The summed E-state index contributed by atoms with van der Waals surface area (Å²) in [5.74, 6) is -0.0761. The van der Waals surface area contributed by atoms with E-state index in [-0.39, 0.29) is 35.0 Å². The number of rotatable bonds is 2. The van der Waals surface area contributed by atoms with Gasteiger partial charge < -0.3 is 10.0 Å². The maximum absolute atomic E-state index is 12.8. The zero-order valence-electron chi connectivity index (χ0n) is 14.0. The molecule has 1 aliphatic heterocycles. The molecule has 2 atom stereocenters. The fourth-order valence-corrected chi connectivity index (χ4v) is 4.59. The molecule has 0 unspecified atom stereocenters. The Labute approximate surface area is 134 Å². The number of aliphatic hydroxyl groups excluding tert-OH is 1. The van der Waals surface area contributed by atoms with E-state index in [0.717, 1.165) is 11.0 Å². The molecule has 1 saturated carbocycles. The summed E-state index contributed by atoms with van der Waals surface area (Å²) in [6.07, 6.45) is 0.875. The van der Waals surface area contributed by atoms with Crippen LogP contribution in [0.15, 0.2) is 15.7 Å². The van der Waals surface area contributed by atoms with Gasteiger partial charge in [-0.1, -0.05) is 13.8 Å². The zero-order valence-corrected chi connectivity index (χ0v) is 14.0. The minimum Gasteiger partial charge on any atom is -0.396 e. The maximum atomic E-state index is 12.8. The number of aromatic nitrogens is 2. The van der Waals surface area contributed by atoms with E-state index in [1.54, 1.807) is 4.90 Å². The van der Waals surface area contributed by atoms with Gasteiger partial charge in [0.1, 0.15) is 5.69 Å². The van der Waals surface area contributed by atoms with E-state index in [4.69, 9.17) is 0 Å². The van der Waals surface area contributed by atoms with Crippen LogP contribution in [0.2, 0.25) is 0 Å². The predicted molar refractivity (Wildman–Crippen MR) is 84.2 cm³/mol. The van der Waals surface area contributed by atoms with Gasteiger partial charge in [0.2, 0.25) is 0 Å². The molecule has 1 aromatic rings. The standard InChI is InChI=1S/C16H23N3O4/c1-15(2)7-16(9-20)8-19(6-11(15)16)13(22)10-5-12(21)18(4)14(23)17(10)3/h5,11,20H,6-9H2,1-4H3/t11-,16-/m1/s1.